The van der Waals surface area contributed by atoms with Gasteiger partial charge in [0.25, 0.3) is 0 Å². The fourth-order valence-electron chi connectivity index (χ4n) is 1.74. The van der Waals surface area contributed by atoms with Crippen LogP contribution < -0.4 is 11.1 Å². The van der Waals surface area contributed by atoms with Gasteiger partial charge in [-0.05, 0) is 19.1 Å². The lowest BCUT2D eigenvalue weighted by Crippen LogP contribution is -2.14. The third-order valence-corrected chi connectivity index (χ3v) is 4.98. The molecule has 1 aromatic carbocycles. The van der Waals surface area contributed by atoms with Crippen LogP contribution in [0.2, 0.25) is 0 Å². The highest BCUT2D eigenvalue weighted by Crippen LogP contribution is 2.27. The number of primary amides is 1. The molecule has 0 radical (unpaired) electrons. The lowest BCUT2D eigenvalue weighted by molar-refractivity contribution is -0.117. The Hall–Kier alpha value is -2.00. The van der Waals surface area contributed by atoms with Crippen LogP contribution in [0, 0.1) is 18.6 Å². The number of thioether (sulfide) groups is 1. The molecule has 122 valence electrons. The molecule has 0 atom stereocenters. The average molecular weight is 357 g/mol. The Morgan fingerprint density at radius 1 is 1.30 bits per heavy atom. The summed E-state index contributed by atoms with van der Waals surface area (Å²) in [6.45, 7) is 1.76. The standard InChI is InChI=1S/C14H13F2N3O2S2/c1-7-11(5-12(17)20)23-14(18-7)22-6-13(21)19-10-3-8(15)2-9(16)4-10/h2-4H,5-6H2,1H3,(H2,17,20)(H,19,21). The van der Waals surface area contributed by atoms with Crippen molar-refractivity contribution in [1.82, 2.24) is 4.98 Å². The van der Waals surface area contributed by atoms with Gasteiger partial charge in [0, 0.05) is 16.6 Å². The quantitative estimate of drug-likeness (QED) is 0.778. The van der Waals surface area contributed by atoms with E-state index in [1.807, 2.05) is 0 Å². The van der Waals surface area contributed by atoms with E-state index in [0.29, 0.717) is 10.0 Å². The summed E-state index contributed by atoms with van der Waals surface area (Å²) in [5, 5.41) is 2.41. The van der Waals surface area contributed by atoms with Crippen LogP contribution in [0.5, 0.6) is 0 Å². The van der Waals surface area contributed by atoms with Gasteiger partial charge in [-0.25, -0.2) is 13.8 Å². The Bertz CT molecular complexity index is 729. The number of nitrogens with one attached hydrogen (secondary N) is 1. The Morgan fingerprint density at radius 2 is 1.96 bits per heavy atom. The van der Waals surface area contributed by atoms with Crippen molar-refractivity contribution < 1.29 is 18.4 Å². The highest BCUT2D eigenvalue weighted by molar-refractivity contribution is 8.01. The van der Waals surface area contributed by atoms with Gasteiger partial charge in [-0.1, -0.05) is 11.8 Å². The van der Waals surface area contributed by atoms with E-state index in [4.69, 9.17) is 5.73 Å². The first-order valence-electron chi connectivity index (χ1n) is 6.47. The predicted octanol–water partition coefficient (Wildman–Crippen LogP) is 2.49. The molecule has 5 nitrogen and oxygen atoms in total. The molecule has 0 aliphatic heterocycles. The van der Waals surface area contributed by atoms with Crippen LogP contribution in [0.3, 0.4) is 0 Å². The number of thiazole rings is 1. The number of amides is 2. The van der Waals surface area contributed by atoms with Crippen molar-refractivity contribution in [2.75, 3.05) is 11.1 Å². The molecule has 2 amide bonds. The zero-order valence-corrected chi connectivity index (χ0v) is 13.7. The van der Waals surface area contributed by atoms with E-state index >= 15 is 0 Å². The summed E-state index contributed by atoms with van der Waals surface area (Å²) >= 11 is 2.47. The molecule has 0 aliphatic rings. The van der Waals surface area contributed by atoms with E-state index in [1.165, 1.54) is 23.1 Å². The SMILES string of the molecule is Cc1nc(SCC(=O)Nc2cc(F)cc(F)c2)sc1CC(N)=O. The monoisotopic (exact) mass is 357 g/mol. The maximum absolute atomic E-state index is 13.0. The molecule has 3 N–H and O–H groups in total. The first kappa shape index (κ1) is 17.4. The summed E-state index contributed by atoms with van der Waals surface area (Å²) < 4.78 is 26.7. The Balaban J connectivity index is 1.92. The van der Waals surface area contributed by atoms with Crippen molar-refractivity contribution in [3.8, 4) is 0 Å². The second kappa shape index (κ2) is 7.51. The van der Waals surface area contributed by atoms with E-state index in [2.05, 4.69) is 10.3 Å². The number of nitrogens with two attached hydrogens (primary N) is 1. The van der Waals surface area contributed by atoms with Crippen molar-refractivity contribution in [2.24, 2.45) is 5.73 Å². The van der Waals surface area contributed by atoms with Gasteiger partial charge in [-0.15, -0.1) is 11.3 Å². The van der Waals surface area contributed by atoms with Gasteiger partial charge in [0.1, 0.15) is 11.6 Å². The molecular formula is C14H13F2N3O2S2. The average Bonchev–Trinajstić information content (AvgIpc) is 2.75. The van der Waals surface area contributed by atoms with Gasteiger partial charge in [0.05, 0.1) is 17.9 Å². The van der Waals surface area contributed by atoms with Gasteiger partial charge in [0.2, 0.25) is 11.8 Å². The van der Waals surface area contributed by atoms with Gasteiger partial charge in [-0.3, -0.25) is 9.59 Å². The number of aromatic nitrogens is 1. The van der Waals surface area contributed by atoms with Crippen molar-refractivity contribution in [3.05, 3.63) is 40.4 Å². The molecule has 0 spiro atoms. The Kier molecular flexibility index (Phi) is 5.67. The molecule has 0 saturated carbocycles. The molecule has 1 heterocycles. The minimum Gasteiger partial charge on any atom is -0.369 e. The van der Waals surface area contributed by atoms with Crippen molar-refractivity contribution >= 4 is 40.6 Å². The molecule has 0 saturated heterocycles. The fourth-order valence-corrected chi connectivity index (χ4v) is 3.78. The number of hydrogen-bond acceptors (Lipinski definition) is 5. The lowest BCUT2D eigenvalue weighted by atomic mass is 10.3. The summed E-state index contributed by atoms with van der Waals surface area (Å²) in [7, 11) is 0. The van der Waals surface area contributed by atoms with Gasteiger partial charge in [-0.2, -0.15) is 0 Å². The third-order valence-electron chi connectivity index (χ3n) is 2.68. The number of halogens is 2. The van der Waals surface area contributed by atoms with Gasteiger partial charge in [0.15, 0.2) is 4.34 Å². The maximum Gasteiger partial charge on any atom is 0.234 e. The minimum absolute atomic E-state index is 0.0289. The van der Waals surface area contributed by atoms with Crippen LogP contribution in [-0.4, -0.2) is 22.6 Å². The first-order chi connectivity index (χ1) is 10.8. The fraction of sp³-hybridized carbons (Fsp3) is 0.214. The molecule has 9 heteroatoms. The van der Waals surface area contributed by atoms with E-state index in [0.717, 1.165) is 23.1 Å². The first-order valence-corrected chi connectivity index (χ1v) is 8.27. The smallest absolute Gasteiger partial charge is 0.234 e. The van der Waals surface area contributed by atoms with Crippen LogP contribution in [0.15, 0.2) is 22.5 Å². The highest BCUT2D eigenvalue weighted by Gasteiger charge is 2.12. The van der Waals surface area contributed by atoms with E-state index in [9.17, 15) is 18.4 Å². The predicted molar refractivity (Wildman–Crippen MR) is 85.5 cm³/mol. The minimum atomic E-state index is -0.764. The summed E-state index contributed by atoms with van der Waals surface area (Å²) in [5.41, 5.74) is 5.89. The summed E-state index contributed by atoms with van der Waals surface area (Å²) in [6.07, 6.45) is 0.110. The number of carbonyl (C=O) groups excluding carboxylic acids is 2. The van der Waals surface area contributed by atoms with Crippen molar-refractivity contribution in [3.63, 3.8) is 0 Å². The second-order valence-corrected chi connectivity index (χ2v) is 6.93. The van der Waals surface area contributed by atoms with E-state index in [-0.39, 0.29) is 17.9 Å². The highest BCUT2D eigenvalue weighted by atomic mass is 32.2. The van der Waals surface area contributed by atoms with E-state index < -0.39 is 23.4 Å². The third kappa shape index (κ3) is 5.29. The summed E-state index contributed by atoms with van der Waals surface area (Å²) in [6, 6.07) is 2.79. The molecule has 0 unspecified atom stereocenters. The van der Waals surface area contributed by atoms with Gasteiger partial charge >= 0.3 is 0 Å². The van der Waals surface area contributed by atoms with Gasteiger partial charge < -0.3 is 11.1 Å². The largest absolute Gasteiger partial charge is 0.369 e. The van der Waals surface area contributed by atoms with E-state index in [1.54, 1.807) is 6.92 Å². The number of hydrogen-bond donors (Lipinski definition) is 2. The molecule has 0 aliphatic carbocycles. The number of nitrogens with zero attached hydrogens (tertiary/aromatic N) is 1. The van der Waals surface area contributed by atoms with Crippen LogP contribution in [-0.2, 0) is 16.0 Å². The van der Waals surface area contributed by atoms with Crippen LogP contribution in [0.1, 0.15) is 10.6 Å². The van der Waals surface area contributed by atoms with Crippen LogP contribution in [0.25, 0.3) is 0 Å². The summed E-state index contributed by atoms with van der Waals surface area (Å²) in [5.74, 6) is -2.36. The Labute approximate surface area is 139 Å². The molecule has 0 fully saturated rings. The van der Waals surface area contributed by atoms with Crippen molar-refractivity contribution in [1.29, 1.82) is 0 Å². The van der Waals surface area contributed by atoms with Crippen LogP contribution >= 0.6 is 23.1 Å². The second-order valence-electron chi connectivity index (χ2n) is 4.63. The molecule has 2 aromatic rings. The number of aryl methyl sites for hydroxylation is 1. The molecule has 23 heavy (non-hydrogen) atoms. The lowest BCUT2D eigenvalue weighted by Gasteiger charge is -2.04. The molecule has 0 bridgehead atoms. The molecular weight excluding hydrogens is 344 g/mol. The zero-order chi connectivity index (χ0) is 17.0. The zero-order valence-electron chi connectivity index (χ0n) is 12.1. The Morgan fingerprint density at radius 3 is 2.57 bits per heavy atom. The number of benzene rings is 1. The van der Waals surface area contributed by atoms with Crippen molar-refractivity contribution in [2.45, 2.75) is 17.7 Å². The van der Waals surface area contributed by atoms with Crippen LogP contribution in [0.4, 0.5) is 14.5 Å². The number of anilines is 1. The molecule has 2 rings (SSSR count). The molecule has 1 aromatic heterocycles. The number of rotatable bonds is 6. The summed E-state index contributed by atoms with van der Waals surface area (Å²) in [4.78, 5) is 27.7. The topological polar surface area (TPSA) is 85.1 Å². The maximum atomic E-state index is 13.0. The normalized spacial score (nSPS) is 10.6. The number of carbonyl (C=O) groups is 2.